The van der Waals surface area contributed by atoms with Crippen LogP contribution in [0.3, 0.4) is 0 Å². The van der Waals surface area contributed by atoms with Gasteiger partial charge >= 0.3 is 5.97 Å². The Morgan fingerprint density at radius 3 is 2.71 bits per heavy atom. The smallest absolute Gasteiger partial charge is 0.314 e. The summed E-state index contributed by atoms with van der Waals surface area (Å²) < 4.78 is 6.51. The maximum atomic E-state index is 12.6. The van der Waals surface area contributed by atoms with Crippen LogP contribution in [0.15, 0.2) is 28.7 Å². The molecule has 0 amide bonds. The van der Waals surface area contributed by atoms with Crippen LogP contribution in [0.4, 0.5) is 0 Å². The Labute approximate surface area is 151 Å². The van der Waals surface area contributed by atoms with Crippen molar-refractivity contribution in [3.63, 3.8) is 0 Å². The maximum absolute atomic E-state index is 12.6. The molecule has 5 heteroatoms. The molecule has 1 unspecified atom stereocenters. The summed E-state index contributed by atoms with van der Waals surface area (Å²) in [7, 11) is 0. The first kappa shape index (κ1) is 18.4. The SMILES string of the molecule is Cc1nc2cc(Br)ccc2cc1C(CCC#N)C(=O)OC(C)(C)C. The average Bonchev–Trinajstić information content (AvgIpc) is 2.46. The number of hydrogen-bond donors (Lipinski definition) is 0. The third kappa shape index (κ3) is 4.55. The van der Waals surface area contributed by atoms with Crippen LogP contribution in [0.5, 0.6) is 0 Å². The van der Waals surface area contributed by atoms with Gasteiger partial charge in [-0.1, -0.05) is 22.0 Å². The fraction of sp³-hybridized carbons (Fsp3) is 0.421. The van der Waals surface area contributed by atoms with E-state index in [4.69, 9.17) is 10.00 Å². The van der Waals surface area contributed by atoms with Gasteiger partial charge in [0, 0.05) is 22.0 Å². The van der Waals surface area contributed by atoms with E-state index in [1.54, 1.807) is 0 Å². The van der Waals surface area contributed by atoms with Crippen molar-refractivity contribution in [3.8, 4) is 6.07 Å². The molecule has 0 aliphatic heterocycles. The van der Waals surface area contributed by atoms with Gasteiger partial charge in [-0.15, -0.1) is 0 Å². The van der Waals surface area contributed by atoms with Crippen LogP contribution in [0.25, 0.3) is 10.9 Å². The van der Waals surface area contributed by atoms with Gasteiger partial charge in [0.1, 0.15) is 5.60 Å². The summed E-state index contributed by atoms with van der Waals surface area (Å²) in [6.07, 6.45) is 0.720. The minimum absolute atomic E-state index is 0.293. The number of fused-ring (bicyclic) bond motifs is 1. The number of halogens is 1. The van der Waals surface area contributed by atoms with Crippen LogP contribution >= 0.6 is 15.9 Å². The summed E-state index contributed by atoms with van der Waals surface area (Å²) in [5.74, 6) is -0.788. The van der Waals surface area contributed by atoms with Gasteiger partial charge in [0.2, 0.25) is 0 Å². The van der Waals surface area contributed by atoms with E-state index in [0.717, 1.165) is 26.6 Å². The fourth-order valence-corrected chi connectivity index (χ4v) is 2.94. The second kappa shape index (κ2) is 7.31. The zero-order chi connectivity index (χ0) is 17.9. The molecule has 4 nitrogen and oxygen atoms in total. The minimum Gasteiger partial charge on any atom is -0.459 e. The molecule has 0 saturated carbocycles. The molecule has 0 spiro atoms. The van der Waals surface area contributed by atoms with E-state index in [9.17, 15) is 4.79 Å². The van der Waals surface area contributed by atoms with E-state index in [1.165, 1.54) is 0 Å². The normalized spacial score (nSPS) is 12.7. The van der Waals surface area contributed by atoms with E-state index in [0.29, 0.717) is 12.8 Å². The molecule has 0 fully saturated rings. The number of carbonyl (C=O) groups is 1. The molecule has 2 rings (SSSR count). The van der Waals surface area contributed by atoms with Crippen molar-refractivity contribution in [2.75, 3.05) is 0 Å². The number of aryl methyl sites for hydroxylation is 1. The molecule has 1 aromatic heterocycles. The van der Waals surface area contributed by atoms with E-state index < -0.39 is 11.5 Å². The van der Waals surface area contributed by atoms with Crippen molar-refractivity contribution < 1.29 is 9.53 Å². The van der Waals surface area contributed by atoms with Gasteiger partial charge in [0.15, 0.2) is 0 Å². The molecule has 0 aliphatic carbocycles. The highest BCUT2D eigenvalue weighted by atomic mass is 79.9. The van der Waals surface area contributed by atoms with Crippen molar-refractivity contribution in [1.29, 1.82) is 5.26 Å². The number of hydrogen-bond acceptors (Lipinski definition) is 4. The van der Waals surface area contributed by atoms with Crippen molar-refractivity contribution >= 4 is 32.8 Å². The van der Waals surface area contributed by atoms with Crippen LogP contribution < -0.4 is 0 Å². The fourth-order valence-electron chi connectivity index (χ4n) is 2.59. The van der Waals surface area contributed by atoms with E-state index in [-0.39, 0.29) is 5.97 Å². The Bertz CT molecular complexity index is 803. The Morgan fingerprint density at radius 1 is 1.38 bits per heavy atom. The zero-order valence-corrected chi connectivity index (χ0v) is 16.0. The predicted molar refractivity (Wildman–Crippen MR) is 97.6 cm³/mol. The second-order valence-corrected chi connectivity index (χ2v) is 7.70. The number of nitrogens with zero attached hydrogens (tertiary/aromatic N) is 2. The summed E-state index contributed by atoms with van der Waals surface area (Å²) in [5, 5.41) is 9.89. The molecule has 0 radical (unpaired) electrons. The zero-order valence-electron chi connectivity index (χ0n) is 14.4. The first-order valence-corrected chi connectivity index (χ1v) is 8.67. The Balaban J connectivity index is 2.47. The molecular weight excluding hydrogens is 368 g/mol. The quantitative estimate of drug-likeness (QED) is 0.688. The number of esters is 1. The van der Waals surface area contributed by atoms with Crippen molar-refractivity contribution in [1.82, 2.24) is 4.98 Å². The van der Waals surface area contributed by atoms with Gasteiger partial charge < -0.3 is 4.74 Å². The summed E-state index contributed by atoms with van der Waals surface area (Å²) in [5.41, 5.74) is 1.92. The average molecular weight is 389 g/mol. The van der Waals surface area contributed by atoms with Gasteiger partial charge in [-0.2, -0.15) is 5.26 Å². The molecule has 1 aromatic carbocycles. The number of nitriles is 1. The summed E-state index contributed by atoms with van der Waals surface area (Å²) in [6.45, 7) is 7.42. The highest BCUT2D eigenvalue weighted by molar-refractivity contribution is 9.10. The molecule has 1 heterocycles. The van der Waals surface area contributed by atoms with Gasteiger partial charge in [0.25, 0.3) is 0 Å². The van der Waals surface area contributed by atoms with Gasteiger partial charge in [0.05, 0.1) is 17.5 Å². The lowest BCUT2D eigenvalue weighted by Crippen LogP contribution is -2.28. The number of pyridine rings is 1. The largest absolute Gasteiger partial charge is 0.459 e. The van der Waals surface area contributed by atoms with Crippen LogP contribution in [0, 0.1) is 18.3 Å². The van der Waals surface area contributed by atoms with Crippen LogP contribution in [0.1, 0.15) is 50.8 Å². The highest BCUT2D eigenvalue weighted by Gasteiger charge is 2.28. The molecule has 0 aliphatic rings. The van der Waals surface area contributed by atoms with Crippen molar-refractivity contribution in [2.24, 2.45) is 0 Å². The molecule has 0 bridgehead atoms. The summed E-state index contributed by atoms with van der Waals surface area (Å²) >= 11 is 3.44. The Morgan fingerprint density at radius 2 is 2.08 bits per heavy atom. The molecular formula is C19H21BrN2O2. The minimum atomic E-state index is -0.564. The molecule has 2 aromatic rings. The standard InChI is InChI=1S/C19H21BrN2O2/c1-12-16(10-13-7-8-14(20)11-17(13)22-12)15(6-5-9-21)18(23)24-19(2,3)4/h7-8,10-11,15H,5-6H2,1-4H3. The van der Waals surface area contributed by atoms with Crippen LogP contribution in [0.2, 0.25) is 0 Å². The molecule has 1 atom stereocenters. The number of ether oxygens (including phenoxy) is 1. The third-order valence-corrected chi connectivity index (χ3v) is 4.11. The number of carbonyl (C=O) groups excluding carboxylic acids is 1. The van der Waals surface area contributed by atoms with Crippen molar-refractivity contribution in [3.05, 3.63) is 40.0 Å². The first-order valence-electron chi connectivity index (χ1n) is 7.88. The van der Waals surface area contributed by atoms with Gasteiger partial charge in [-0.25, -0.2) is 0 Å². The maximum Gasteiger partial charge on any atom is 0.314 e. The summed E-state index contributed by atoms with van der Waals surface area (Å²) in [4.78, 5) is 17.3. The van der Waals surface area contributed by atoms with Crippen LogP contribution in [-0.4, -0.2) is 16.6 Å². The van der Waals surface area contributed by atoms with Crippen LogP contribution in [-0.2, 0) is 9.53 Å². The molecule has 126 valence electrons. The van der Waals surface area contributed by atoms with Gasteiger partial charge in [-0.05, 0) is 57.9 Å². The first-order chi connectivity index (χ1) is 11.2. The lowest BCUT2D eigenvalue weighted by molar-refractivity contribution is -0.156. The van der Waals surface area contributed by atoms with Crippen molar-refractivity contribution in [2.45, 2.75) is 52.1 Å². The number of rotatable bonds is 4. The lowest BCUT2D eigenvalue weighted by atomic mass is 9.92. The Kier molecular flexibility index (Phi) is 5.61. The van der Waals surface area contributed by atoms with E-state index >= 15 is 0 Å². The topological polar surface area (TPSA) is 63.0 Å². The lowest BCUT2D eigenvalue weighted by Gasteiger charge is -2.24. The third-order valence-electron chi connectivity index (χ3n) is 3.62. The predicted octanol–water partition coefficient (Wildman–Crippen LogP) is 5.03. The highest BCUT2D eigenvalue weighted by Crippen LogP contribution is 2.30. The molecule has 24 heavy (non-hydrogen) atoms. The number of aromatic nitrogens is 1. The number of benzene rings is 1. The Hall–Kier alpha value is -1.93. The molecule has 0 saturated heterocycles. The monoisotopic (exact) mass is 388 g/mol. The second-order valence-electron chi connectivity index (χ2n) is 6.78. The van der Waals surface area contributed by atoms with E-state index in [1.807, 2.05) is 52.0 Å². The summed E-state index contributed by atoms with van der Waals surface area (Å²) in [6, 6.07) is 9.96. The van der Waals surface area contributed by atoms with E-state index in [2.05, 4.69) is 27.0 Å². The molecule has 0 N–H and O–H groups in total. The van der Waals surface area contributed by atoms with Gasteiger partial charge in [-0.3, -0.25) is 9.78 Å².